The summed E-state index contributed by atoms with van der Waals surface area (Å²) in [5, 5.41) is 3.31. The zero-order chi connectivity index (χ0) is 12.3. The van der Waals surface area contributed by atoms with Crippen LogP contribution in [0.15, 0.2) is 36.5 Å². The predicted molar refractivity (Wildman–Crippen MR) is 68.9 cm³/mol. The van der Waals surface area contributed by atoms with Gasteiger partial charge in [0.1, 0.15) is 5.82 Å². The number of nitrogens with one attached hydrogen (secondary N) is 1. The van der Waals surface area contributed by atoms with E-state index in [4.69, 9.17) is 0 Å². The molecular weight excluding hydrogens is 210 g/mol. The van der Waals surface area contributed by atoms with Crippen molar-refractivity contribution in [1.29, 1.82) is 0 Å². The molecule has 0 radical (unpaired) electrons. The fraction of sp³-hybridized carbons (Fsp3) is 0.286. The third kappa shape index (κ3) is 2.50. The van der Waals surface area contributed by atoms with Gasteiger partial charge in [-0.2, -0.15) is 0 Å². The maximum absolute atomic E-state index is 4.49. The van der Waals surface area contributed by atoms with Crippen LogP contribution in [0.4, 0.5) is 0 Å². The Bertz CT molecular complexity index is 508. The summed E-state index contributed by atoms with van der Waals surface area (Å²) >= 11 is 0. The Morgan fingerprint density at radius 3 is 2.53 bits per heavy atom. The molecule has 1 heterocycles. The summed E-state index contributed by atoms with van der Waals surface area (Å²) in [6.07, 6.45) is 1.81. The molecule has 0 aliphatic rings. The van der Waals surface area contributed by atoms with Crippen LogP contribution in [0.1, 0.15) is 28.7 Å². The van der Waals surface area contributed by atoms with E-state index in [9.17, 15) is 0 Å². The Labute approximate surface area is 102 Å². The van der Waals surface area contributed by atoms with E-state index in [-0.39, 0.29) is 6.04 Å². The van der Waals surface area contributed by atoms with Gasteiger partial charge in [-0.15, -0.1) is 0 Å². The van der Waals surface area contributed by atoms with Crippen molar-refractivity contribution in [1.82, 2.24) is 15.3 Å². The molecule has 2 rings (SSSR count). The monoisotopic (exact) mass is 227 g/mol. The quantitative estimate of drug-likeness (QED) is 0.875. The SMILES string of the molecule is CNC(c1ccnc(C)n1)c1ccccc1C. The molecule has 1 aromatic carbocycles. The number of nitrogens with zero attached hydrogens (tertiary/aromatic N) is 2. The topological polar surface area (TPSA) is 37.8 Å². The number of hydrogen-bond donors (Lipinski definition) is 1. The second kappa shape index (κ2) is 5.06. The molecule has 0 amide bonds. The van der Waals surface area contributed by atoms with Gasteiger partial charge in [-0.25, -0.2) is 9.97 Å². The average Bonchev–Trinajstić information content (AvgIpc) is 2.33. The van der Waals surface area contributed by atoms with Crippen LogP contribution in [-0.4, -0.2) is 17.0 Å². The van der Waals surface area contributed by atoms with Gasteiger partial charge in [-0.1, -0.05) is 24.3 Å². The first kappa shape index (κ1) is 11.7. The van der Waals surface area contributed by atoms with Gasteiger partial charge in [-0.05, 0) is 38.1 Å². The summed E-state index contributed by atoms with van der Waals surface area (Å²) in [6.45, 7) is 4.03. The van der Waals surface area contributed by atoms with Crippen molar-refractivity contribution in [3.05, 3.63) is 59.2 Å². The lowest BCUT2D eigenvalue weighted by atomic mass is 9.99. The largest absolute Gasteiger partial charge is 0.308 e. The lowest BCUT2D eigenvalue weighted by molar-refractivity contribution is 0.661. The number of rotatable bonds is 3. The van der Waals surface area contributed by atoms with E-state index in [0.29, 0.717) is 0 Å². The third-order valence-electron chi connectivity index (χ3n) is 2.88. The lowest BCUT2D eigenvalue weighted by Gasteiger charge is -2.18. The van der Waals surface area contributed by atoms with Crippen molar-refractivity contribution < 1.29 is 0 Å². The van der Waals surface area contributed by atoms with Crippen molar-refractivity contribution in [3.63, 3.8) is 0 Å². The van der Waals surface area contributed by atoms with Gasteiger partial charge in [0.25, 0.3) is 0 Å². The van der Waals surface area contributed by atoms with Gasteiger partial charge in [-0.3, -0.25) is 0 Å². The first-order chi connectivity index (χ1) is 8.22. The van der Waals surface area contributed by atoms with Crippen LogP contribution >= 0.6 is 0 Å². The maximum atomic E-state index is 4.49. The maximum Gasteiger partial charge on any atom is 0.125 e. The van der Waals surface area contributed by atoms with E-state index in [1.54, 1.807) is 6.20 Å². The molecule has 88 valence electrons. The van der Waals surface area contributed by atoms with Crippen LogP contribution in [0.3, 0.4) is 0 Å². The summed E-state index contributed by atoms with van der Waals surface area (Å²) in [5.74, 6) is 0.802. The van der Waals surface area contributed by atoms with E-state index in [0.717, 1.165) is 11.5 Å². The van der Waals surface area contributed by atoms with Gasteiger partial charge in [0.05, 0.1) is 11.7 Å². The molecule has 0 fully saturated rings. The van der Waals surface area contributed by atoms with Crippen LogP contribution in [0, 0.1) is 13.8 Å². The Morgan fingerprint density at radius 1 is 1.12 bits per heavy atom. The summed E-state index contributed by atoms with van der Waals surface area (Å²) in [6, 6.07) is 10.4. The summed E-state index contributed by atoms with van der Waals surface area (Å²) in [7, 11) is 1.95. The normalized spacial score (nSPS) is 12.4. The minimum absolute atomic E-state index is 0.123. The number of aryl methyl sites for hydroxylation is 2. The van der Waals surface area contributed by atoms with Crippen molar-refractivity contribution in [2.24, 2.45) is 0 Å². The smallest absolute Gasteiger partial charge is 0.125 e. The lowest BCUT2D eigenvalue weighted by Crippen LogP contribution is -2.20. The molecule has 1 N–H and O–H groups in total. The fourth-order valence-electron chi connectivity index (χ4n) is 2.01. The second-order valence-electron chi connectivity index (χ2n) is 4.11. The minimum atomic E-state index is 0.123. The van der Waals surface area contributed by atoms with Crippen LogP contribution in [0.25, 0.3) is 0 Å². The molecule has 0 bridgehead atoms. The molecule has 1 aromatic heterocycles. The van der Waals surface area contributed by atoms with Crippen molar-refractivity contribution in [2.45, 2.75) is 19.9 Å². The van der Waals surface area contributed by atoms with Gasteiger partial charge >= 0.3 is 0 Å². The van der Waals surface area contributed by atoms with E-state index >= 15 is 0 Å². The molecule has 0 aliphatic heterocycles. The van der Waals surface area contributed by atoms with Crippen molar-refractivity contribution in [3.8, 4) is 0 Å². The highest BCUT2D eigenvalue weighted by Crippen LogP contribution is 2.22. The Morgan fingerprint density at radius 2 is 1.88 bits per heavy atom. The highest BCUT2D eigenvalue weighted by Gasteiger charge is 2.15. The molecule has 1 atom stereocenters. The summed E-state index contributed by atoms with van der Waals surface area (Å²) < 4.78 is 0. The molecule has 0 spiro atoms. The molecular formula is C14H17N3. The molecule has 17 heavy (non-hydrogen) atoms. The molecule has 3 heteroatoms. The molecule has 2 aromatic rings. The van der Waals surface area contributed by atoms with Crippen LogP contribution in [-0.2, 0) is 0 Å². The molecule has 1 unspecified atom stereocenters. The fourth-order valence-corrected chi connectivity index (χ4v) is 2.01. The third-order valence-corrected chi connectivity index (χ3v) is 2.88. The Hall–Kier alpha value is -1.74. The van der Waals surface area contributed by atoms with Gasteiger partial charge in [0.2, 0.25) is 0 Å². The zero-order valence-corrected chi connectivity index (χ0v) is 10.4. The standard InChI is InChI=1S/C14H17N3/c1-10-6-4-5-7-12(10)14(15-3)13-8-9-16-11(2)17-13/h4-9,14-15H,1-3H3. The average molecular weight is 227 g/mol. The van der Waals surface area contributed by atoms with E-state index in [1.807, 2.05) is 20.0 Å². The molecule has 0 saturated heterocycles. The first-order valence-corrected chi connectivity index (χ1v) is 5.74. The van der Waals surface area contributed by atoms with Crippen molar-refractivity contribution in [2.75, 3.05) is 7.05 Å². The van der Waals surface area contributed by atoms with Crippen LogP contribution < -0.4 is 5.32 Å². The number of benzene rings is 1. The summed E-state index contributed by atoms with van der Waals surface area (Å²) in [5.41, 5.74) is 3.53. The van der Waals surface area contributed by atoms with Gasteiger partial charge in [0.15, 0.2) is 0 Å². The van der Waals surface area contributed by atoms with Crippen LogP contribution in [0.5, 0.6) is 0 Å². The number of hydrogen-bond acceptors (Lipinski definition) is 3. The first-order valence-electron chi connectivity index (χ1n) is 5.74. The van der Waals surface area contributed by atoms with E-state index in [2.05, 4.69) is 46.5 Å². The molecule has 3 nitrogen and oxygen atoms in total. The Kier molecular flexibility index (Phi) is 3.49. The highest BCUT2D eigenvalue weighted by atomic mass is 14.9. The summed E-state index contributed by atoms with van der Waals surface area (Å²) in [4.78, 5) is 8.62. The zero-order valence-electron chi connectivity index (χ0n) is 10.4. The van der Waals surface area contributed by atoms with Crippen molar-refractivity contribution >= 4 is 0 Å². The van der Waals surface area contributed by atoms with Crippen LogP contribution in [0.2, 0.25) is 0 Å². The molecule has 0 aliphatic carbocycles. The van der Waals surface area contributed by atoms with Gasteiger partial charge in [0, 0.05) is 6.20 Å². The van der Waals surface area contributed by atoms with E-state index in [1.165, 1.54) is 11.1 Å². The highest BCUT2D eigenvalue weighted by molar-refractivity contribution is 5.33. The second-order valence-corrected chi connectivity index (χ2v) is 4.11. The minimum Gasteiger partial charge on any atom is -0.308 e. The van der Waals surface area contributed by atoms with Gasteiger partial charge < -0.3 is 5.32 Å². The predicted octanol–water partition coefficient (Wildman–Crippen LogP) is 2.40. The number of aromatic nitrogens is 2. The van der Waals surface area contributed by atoms with E-state index < -0.39 is 0 Å². The molecule has 0 saturated carbocycles. The Balaban J connectivity index is 2.44.